The number of ether oxygens (including phenoxy) is 1. The highest BCUT2D eigenvalue weighted by Crippen LogP contribution is 2.37. The van der Waals surface area contributed by atoms with Crippen LogP contribution >= 0.6 is 11.3 Å². The van der Waals surface area contributed by atoms with Crippen molar-refractivity contribution in [2.75, 3.05) is 6.61 Å². The summed E-state index contributed by atoms with van der Waals surface area (Å²) in [5.41, 5.74) is 6.15. The van der Waals surface area contributed by atoms with Crippen molar-refractivity contribution < 1.29 is 19.4 Å². The van der Waals surface area contributed by atoms with E-state index >= 15 is 0 Å². The maximum atomic E-state index is 13.3. The number of allylic oxidation sites excluding steroid dienone is 1. The van der Waals surface area contributed by atoms with Gasteiger partial charge in [-0.05, 0) is 36.3 Å². The van der Waals surface area contributed by atoms with Crippen molar-refractivity contribution in [3.8, 4) is 6.07 Å². The summed E-state index contributed by atoms with van der Waals surface area (Å²) in [4.78, 5) is 47.4. The normalized spacial score (nSPS) is 15.2. The van der Waals surface area contributed by atoms with E-state index in [9.17, 15) is 35.1 Å². The van der Waals surface area contributed by atoms with Gasteiger partial charge in [-0.25, -0.2) is 4.79 Å². The number of hydrogen-bond donors (Lipinski definition) is 1. The third-order valence-electron chi connectivity index (χ3n) is 5.60. The van der Waals surface area contributed by atoms with E-state index in [0.29, 0.717) is 11.1 Å². The minimum atomic E-state index is -1.03. The number of esters is 1. The van der Waals surface area contributed by atoms with Crippen LogP contribution in [0.3, 0.4) is 0 Å². The number of benzene rings is 2. The molecule has 1 atom stereocenters. The van der Waals surface area contributed by atoms with Crippen molar-refractivity contribution in [2.24, 2.45) is 5.73 Å². The van der Waals surface area contributed by atoms with Crippen molar-refractivity contribution in [3.63, 3.8) is 0 Å². The number of fused-ring (bicyclic) bond motifs is 1. The number of nitro benzene ring substituents is 2. The topological polar surface area (TPSA) is 184 Å². The first-order valence-corrected chi connectivity index (χ1v) is 11.5. The molecule has 2 heterocycles. The summed E-state index contributed by atoms with van der Waals surface area (Å²) in [5.74, 6) is -1.99. The van der Waals surface area contributed by atoms with Crippen LogP contribution in [-0.4, -0.2) is 27.0 Å². The molecule has 0 saturated heterocycles. The van der Waals surface area contributed by atoms with Gasteiger partial charge in [0, 0.05) is 24.3 Å². The van der Waals surface area contributed by atoms with Crippen LogP contribution in [-0.2, 0) is 9.53 Å². The molecular formula is C24H17N5O7S. The number of nitriles is 1. The van der Waals surface area contributed by atoms with Crippen molar-refractivity contribution >= 4 is 46.2 Å². The van der Waals surface area contributed by atoms with Crippen LogP contribution < -0.4 is 20.5 Å². The lowest BCUT2D eigenvalue weighted by Gasteiger charge is -2.24. The van der Waals surface area contributed by atoms with Gasteiger partial charge in [-0.15, -0.1) is 11.3 Å². The SMILES string of the molecule is CCOC(=O)C1=c2s/c(=C\c3ccc([N+](=O)[O-])cc3)c(=O)n2C(N)=C(C#N)[C@H]1c1ccc([N+](=O)[O-])cc1. The van der Waals surface area contributed by atoms with E-state index < -0.39 is 27.3 Å². The van der Waals surface area contributed by atoms with E-state index in [-0.39, 0.29) is 44.1 Å². The summed E-state index contributed by atoms with van der Waals surface area (Å²) >= 11 is 0.944. The Morgan fingerprint density at radius 1 is 1.14 bits per heavy atom. The number of non-ortho nitro benzene ring substituents is 2. The van der Waals surface area contributed by atoms with Gasteiger partial charge in [0.15, 0.2) is 0 Å². The molecule has 1 aliphatic heterocycles. The summed E-state index contributed by atoms with van der Waals surface area (Å²) in [7, 11) is 0. The fourth-order valence-corrected chi connectivity index (χ4v) is 5.08. The Morgan fingerprint density at radius 2 is 1.70 bits per heavy atom. The molecule has 2 aromatic carbocycles. The maximum absolute atomic E-state index is 13.3. The Hall–Kier alpha value is -5.09. The van der Waals surface area contributed by atoms with Crippen LogP contribution in [0.25, 0.3) is 17.5 Å². The molecule has 12 nitrogen and oxygen atoms in total. The average molecular weight is 519 g/mol. The van der Waals surface area contributed by atoms with Gasteiger partial charge in [-0.2, -0.15) is 5.26 Å². The van der Waals surface area contributed by atoms with Gasteiger partial charge in [0.2, 0.25) is 0 Å². The molecule has 4 rings (SSSR count). The quantitative estimate of drug-likeness (QED) is 0.288. The molecule has 37 heavy (non-hydrogen) atoms. The first-order chi connectivity index (χ1) is 17.7. The molecule has 2 N–H and O–H groups in total. The molecule has 13 heteroatoms. The van der Waals surface area contributed by atoms with Crippen molar-refractivity contribution in [3.05, 3.63) is 105 Å². The van der Waals surface area contributed by atoms with Crippen molar-refractivity contribution in [1.29, 1.82) is 5.26 Å². The van der Waals surface area contributed by atoms with E-state index in [0.717, 1.165) is 15.9 Å². The lowest BCUT2D eigenvalue weighted by Crippen LogP contribution is -2.40. The molecule has 0 unspecified atom stereocenters. The number of nitro groups is 2. The number of nitrogens with two attached hydrogens (primary N) is 1. The fourth-order valence-electron chi connectivity index (χ4n) is 3.92. The third kappa shape index (κ3) is 4.48. The van der Waals surface area contributed by atoms with E-state index in [1.54, 1.807) is 6.92 Å². The summed E-state index contributed by atoms with van der Waals surface area (Å²) < 4.78 is 6.62. The molecule has 0 fully saturated rings. The van der Waals surface area contributed by atoms with Crippen molar-refractivity contribution in [2.45, 2.75) is 12.8 Å². The smallest absolute Gasteiger partial charge is 0.338 e. The highest BCUT2D eigenvalue weighted by atomic mass is 32.1. The largest absolute Gasteiger partial charge is 0.463 e. The molecule has 3 aromatic rings. The van der Waals surface area contributed by atoms with Gasteiger partial charge in [-0.3, -0.25) is 29.6 Å². The van der Waals surface area contributed by atoms with Crippen LogP contribution in [0.2, 0.25) is 0 Å². The summed E-state index contributed by atoms with van der Waals surface area (Å²) in [6, 6.07) is 12.8. The van der Waals surface area contributed by atoms with Crippen LogP contribution in [0, 0.1) is 31.6 Å². The Morgan fingerprint density at radius 3 is 2.22 bits per heavy atom. The second-order valence-corrected chi connectivity index (χ2v) is 8.76. The Bertz CT molecular complexity index is 1690. The zero-order chi connectivity index (χ0) is 26.9. The monoisotopic (exact) mass is 519 g/mol. The van der Waals surface area contributed by atoms with Crippen LogP contribution in [0.15, 0.2) is 58.9 Å². The molecule has 186 valence electrons. The van der Waals surface area contributed by atoms with Crippen LogP contribution in [0.1, 0.15) is 24.0 Å². The summed E-state index contributed by atoms with van der Waals surface area (Å²) in [5, 5.41) is 32.0. The fraction of sp³-hybridized carbons (Fsp3) is 0.125. The second kappa shape index (κ2) is 9.88. The zero-order valence-corrected chi connectivity index (χ0v) is 19.9. The number of rotatable bonds is 6. The summed E-state index contributed by atoms with van der Waals surface area (Å²) in [6.07, 6.45) is 1.49. The van der Waals surface area contributed by atoms with E-state index in [4.69, 9.17) is 10.5 Å². The minimum Gasteiger partial charge on any atom is -0.463 e. The average Bonchev–Trinajstić information content (AvgIpc) is 3.20. The molecule has 0 spiro atoms. The van der Waals surface area contributed by atoms with Gasteiger partial charge in [0.05, 0.1) is 44.1 Å². The van der Waals surface area contributed by atoms with Gasteiger partial charge < -0.3 is 10.5 Å². The van der Waals surface area contributed by atoms with E-state index in [2.05, 4.69) is 0 Å². The number of hydrogen-bond acceptors (Lipinski definition) is 10. The van der Waals surface area contributed by atoms with E-state index in [1.807, 2.05) is 6.07 Å². The number of thiazole rings is 1. The number of nitrogens with zero attached hydrogens (tertiary/aromatic N) is 4. The Kier molecular flexibility index (Phi) is 6.68. The van der Waals surface area contributed by atoms with Crippen LogP contribution in [0.5, 0.6) is 0 Å². The standard InChI is InChI=1S/C24H17N5O7S/c1-2-36-24(31)20-19(14-5-9-16(10-6-14)29(34)35)17(12-25)21(26)27-22(30)18(37-23(20)27)11-13-3-7-15(8-4-13)28(32)33/h3-11,19H,2,26H2,1H3/b18-11-/t19-/m1/s1. The second-order valence-electron chi connectivity index (χ2n) is 7.73. The Labute approximate surface area is 211 Å². The number of carbonyl (C=O) groups is 1. The molecule has 0 radical (unpaired) electrons. The first kappa shape index (κ1) is 25.0. The summed E-state index contributed by atoms with van der Waals surface area (Å²) in [6.45, 7) is 1.63. The molecule has 0 amide bonds. The van der Waals surface area contributed by atoms with Gasteiger partial charge in [0.25, 0.3) is 16.9 Å². The predicted molar refractivity (Wildman–Crippen MR) is 133 cm³/mol. The number of aromatic nitrogens is 1. The lowest BCUT2D eigenvalue weighted by molar-refractivity contribution is -0.385. The molecular weight excluding hydrogens is 502 g/mol. The van der Waals surface area contributed by atoms with Crippen LogP contribution in [0.4, 0.5) is 11.4 Å². The molecule has 0 bridgehead atoms. The zero-order valence-electron chi connectivity index (χ0n) is 19.1. The van der Waals surface area contributed by atoms with Crippen molar-refractivity contribution in [1.82, 2.24) is 4.57 Å². The minimum absolute atomic E-state index is 0.00750. The number of carbonyl (C=O) groups excluding carboxylic acids is 1. The first-order valence-electron chi connectivity index (χ1n) is 10.7. The highest BCUT2D eigenvalue weighted by molar-refractivity contribution is 7.07. The molecule has 1 aromatic heterocycles. The third-order valence-corrected chi connectivity index (χ3v) is 6.71. The maximum Gasteiger partial charge on any atom is 0.338 e. The van der Waals surface area contributed by atoms with Gasteiger partial charge in [0.1, 0.15) is 10.5 Å². The molecule has 0 saturated carbocycles. The predicted octanol–water partition coefficient (Wildman–Crippen LogP) is 1.72. The molecule has 0 aliphatic carbocycles. The van der Waals surface area contributed by atoms with Gasteiger partial charge in [-0.1, -0.05) is 12.1 Å². The molecule has 1 aliphatic rings. The van der Waals surface area contributed by atoms with Gasteiger partial charge >= 0.3 is 5.97 Å². The highest BCUT2D eigenvalue weighted by Gasteiger charge is 2.36. The van der Waals surface area contributed by atoms with E-state index in [1.165, 1.54) is 54.6 Å². The Balaban J connectivity index is 2.01. The lowest BCUT2D eigenvalue weighted by atomic mass is 9.84.